The van der Waals surface area contributed by atoms with Gasteiger partial charge in [0.05, 0.1) is 6.61 Å². The molecule has 1 aliphatic rings. The summed E-state index contributed by atoms with van der Waals surface area (Å²) in [6.07, 6.45) is -5.14. The lowest BCUT2D eigenvalue weighted by Gasteiger charge is -2.33. The number of aromatic nitrogens is 1. The van der Waals surface area contributed by atoms with Crippen LogP contribution < -0.4 is 10.1 Å². The number of nitrogens with one attached hydrogen (secondary N) is 1. The third-order valence-electron chi connectivity index (χ3n) is 4.16. The van der Waals surface area contributed by atoms with Gasteiger partial charge in [0.1, 0.15) is 11.4 Å². The molecule has 1 saturated heterocycles. The highest BCUT2D eigenvalue weighted by Crippen LogP contribution is 2.26. The molecule has 1 aromatic carbocycles. The molecule has 12 heteroatoms. The predicted octanol–water partition coefficient (Wildman–Crippen LogP) is 3.70. The SMILES string of the molecule is CCOC(=O)N1CCN(C(=O)c2csc(Nc3ccc(OC(F)(F)F)cc3)n2)CC1. The zero-order valence-electron chi connectivity index (χ0n) is 15.9. The first kappa shape index (κ1) is 21.7. The number of alkyl halides is 3. The van der Waals surface area contributed by atoms with Gasteiger partial charge < -0.3 is 24.6 Å². The molecule has 2 heterocycles. The summed E-state index contributed by atoms with van der Waals surface area (Å²) in [5.74, 6) is -0.582. The summed E-state index contributed by atoms with van der Waals surface area (Å²) in [5.41, 5.74) is 0.755. The first-order valence-corrected chi connectivity index (χ1v) is 9.92. The molecule has 0 aliphatic carbocycles. The predicted molar refractivity (Wildman–Crippen MR) is 103 cm³/mol. The molecular weight excluding hydrogens is 425 g/mol. The lowest BCUT2D eigenvalue weighted by molar-refractivity contribution is -0.274. The molecule has 162 valence electrons. The monoisotopic (exact) mass is 444 g/mol. The second-order valence-corrected chi connectivity index (χ2v) is 7.07. The van der Waals surface area contributed by atoms with Gasteiger partial charge in [-0.1, -0.05) is 0 Å². The maximum absolute atomic E-state index is 12.6. The van der Waals surface area contributed by atoms with Crippen LogP contribution in [0.4, 0.5) is 28.8 Å². The minimum Gasteiger partial charge on any atom is -0.450 e. The average Bonchev–Trinajstić information content (AvgIpc) is 3.16. The highest BCUT2D eigenvalue weighted by molar-refractivity contribution is 7.14. The van der Waals surface area contributed by atoms with Crippen molar-refractivity contribution in [2.24, 2.45) is 0 Å². The van der Waals surface area contributed by atoms with E-state index in [0.29, 0.717) is 43.6 Å². The molecule has 2 aromatic rings. The number of hydrogen-bond acceptors (Lipinski definition) is 7. The number of anilines is 2. The van der Waals surface area contributed by atoms with Crippen molar-refractivity contribution in [3.8, 4) is 5.75 Å². The molecule has 30 heavy (non-hydrogen) atoms. The summed E-state index contributed by atoms with van der Waals surface area (Å²) in [7, 11) is 0. The van der Waals surface area contributed by atoms with Gasteiger partial charge in [-0.2, -0.15) is 0 Å². The Kier molecular flexibility index (Phi) is 6.65. The molecule has 0 bridgehead atoms. The van der Waals surface area contributed by atoms with Crippen LogP contribution in [0.1, 0.15) is 17.4 Å². The first-order chi connectivity index (χ1) is 14.2. The van der Waals surface area contributed by atoms with E-state index >= 15 is 0 Å². The van der Waals surface area contributed by atoms with E-state index in [1.165, 1.54) is 35.6 Å². The quantitative estimate of drug-likeness (QED) is 0.757. The average molecular weight is 444 g/mol. The second-order valence-electron chi connectivity index (χ2n) is 6.21. The van der Waals surface area contributed by atoms with E-state index in [-0.39, 0.29) is 17.4 Å². The van der Waals surface area contributed by atoms with Crippen molar-refractivity contribution >= 4 is 34.2 Å². The molecular formula is C18H19F3N4O4S. The Labute approximate surface area is 174 Å². The van der Waals surface area contributed by atoms with Gasteiger partial charge >= 0.3 is 12.5 Å². The van der Waals surface area contributed by atoms with Crippen LogP contribution in [0, 0.1) is 0 Å². The summed E-state index contributed by atoms with van der Waals surface area (Å²) < 4.78 is 45.4. The van der Waals surface area contributed by atoms with Crippen LogP contribution >= 0.6 is 11.3 Å². The Hall–Kier alpha value is -3.02. The summed E-state index contributed by atoms with van der Waals surface area (Å²) in [5, 5.41) is 4.96. The maximum Gasteiger partial charge on any atom is 0.573 e. The van der Waals surface area contributed by atoms with Crippen LogP contribution in [0.25, 0.3) is 0 Å². The molecule has 1 aromatic heterocycles. The van der Waals surface area contributed by atoms with Gasteiger partial charge in [0, 0.05) is 37.2 Å². The smallest absolute Gasteiger partial charge is 0.450 e. The van der Waals surface area contributed by atoms with E-state index in [1.807, 2.05) is 0 Å². The largest absolute Gasteiger partial charge is 0.573 e. The fraction of sp³-hybridized carbons (Fsp3) is 0.389. The maximum atomic E-state index is 12.6. The molecule has 0 radical (unpaired) electrons. The zero-order valence-corrected chi connectivity index (χ0v) is 16.8. The highest BCUT2D eigenvalue weighted by atomic mass is 32.1. The molecule has 0 saturated carbocycles. The lowest BCUT2D eigenvalue weighted by Crippen LogP contribution is -2.50. The number of halogens is 3. The molecule has 0 unspecified atom stereocenters. The molecule has 1 aliphatic heterocycles. The molecule has 1 fully saturated rings. The number of piperazine rings is 1. The van der Waals surface area contributed by atoms with Crippen LogP contribution in [0.3, 0.4) is 0 Å². The van der Waals surface area contributed by atoms with Crippen molar-refractivity contribution in [2.45, 2.75) is 13.3 Å². The Morgan fingerprint density at radius 2 is 1.77 bits per heavy atom. The lowest BCUT2D eigenvalue weighted by atomic mass is 10.3. The van der Waals surface area contributed by atoms with Crippen molar-refractivity contribution in [2.75, 3.05) is 38.1 Å². The zero-order chi connectivity index (χ0) is 21.7. The number of ether oxygens (including phenoxy) is 2. The molecule has 0 spiro atoms. The van der Waals surface area contributed by atoms with Gasteiger partial charge in [-0.3, -0.25) is 4.79 Å². The third-order valence-corrected chi connectivity index (χ3v) is 4.91. The number of thiazole rings is 1. The van der Waals surface area contributed by atoms with E-state index < -0.39 is 12.5 Å². The van der Waals surface area contributed by atoms with Gasteiger partial charge in [0.2, 0.25) is 0 Å². The van der Waals surface area contributed by atoms with Crippen molar-refractivity contribution in [1.29, 1.82) is 0 Å². The Bertz CT molecular complexity index is 880. The topological polar surface area (TPSA) is 84.0 Å². The Morgan fingerprint density at radius 1 is 1.13 bits per heavy atom. The standard InChI is InChI=1S/C18H19F3N4O4S/c1-2-28-17(27)25-9-7-24(8-10-25)15(26)14-11-30-16(23-14)22-12-3-5-13(6-4-12)29-18(19,20)21/h3-6,11H,2,7-10H2,1H3,(H,22,23). The molecule has 2 amide bonds. The van der Waals surface area contributed by atoms with E-state index in [1.54, 1.807) is 22.1 Å². The Balaban J connectivity index is 1.55. The molecule has 0 atom stereocenters. The van der Waals surface area contributed by atoms with Crippen molar-refractivity contribution in [3.63, 3.8) is 0 Å². The fourth-order valence-electron chi connectivity index (χ4n) is 2.76. The second kappa shape index (κ2) is 9.20. The number of amides is 2. The van der Waals surface area contributed by atoms with Crippen LogP contribution in [0.5, 0.6) is 5.75 Å². The number of benzene rings is 1. The van der Waals surface area contributed by atoms with Crippen molar-refractivity contribution in [3.05, 3.63) is 35.3 Å². The van der Waals surface area contributed by atoms with E-state index in [0.717, 1.165) is 0 Å². The fourth-order valence-corrected chi connectivity index (χ4v) is 3.47. The summed E-state index contributed by atoms with van der Waals surface area (Å²) in [6, 6.07) is 5.19. The van der Waals surface area contributed by atoms with Gasteiger partial charge in [-0.15, -0.1) is 24.5 Å². The van der Waals surface area contributed by atoms with Crippen LogP contribution in [0.15, 0.2) is 29.6 Å². The number of carbonyl (C=O) groups excluding carboxylic acids is 2. The van der Waals surface area contributed by atoms with E-state index in [2.05, 4.69) is 15.0 Å². The number of hydrogen-bond donors (Lipinski definition) is 1. The minimum atomic E-state index is -4.75. The first-order valence-electron chi connectivity index (χ1n) is 9.04. The normalized spacial score (nSPS) is 14.4. The highest BCUT2D eigenvalue weighted by Gasteiger charge is 2.31. The molecule has 8 nitrogen and oxygen atoms in total. The summed E-state index contributed by atoms with van der Waals surface area (Å²) in [4.78, 5) is 31.8. The van der Waals surface area contributed by atoms with Gasteiger partial charge in [0.25, 0.3) is 5.91 Å². The van der Waals surface area contributed by atoms with Gasteiger partial charge in [0.15, 0.2) is 5.13 Å². The molecule has 3 rings (SSSR count). The van der Waals surface area contributed by atoms with E-state index in [9.17, 15) is 22.8 Å². The van der Waals surface area contributed by atoms with Gasteiger partial charge in [-0.05, 0) is 31.2 Å². The Morgan fingerprint density at radius 3 is 2.37 bits per heavy atom. The number of carbonyl (C=O) groups is 2. The van der Waals surface area contributed by atoms with Gasteiger partial charge in [-0.25, -0.2) is 9.78 Å². The number of rotatable bonds is 5. The number of nitrogens with zero attached hydrogens (tertiary/aromatic N) is 3. The van der Waals surface area contributed by atoms with Crippen LogP contribution in [0.2, 0.25) is 0 Å². The van der Waals surface area contributed by atoms with Crippen LogP contribution in [-0.2, 0) is 4.74 Å². The summed E-state index contributed by atoms with van der Waals surface area (Å²) >= 11 is 1.20. The van der Waals surface area contributed by atoms with Crippen molar-refractivity contribution in [1.82, 2.24) is 14.8 Å². The molecule has 1 N–H and O–H groups in total. The minimum absolute atomic E-state index is 0.253. The third kappa shape index (κ3) is 5.75. The van der Waals surface area contributed by atoms with Crippen LogP contribution in [-0.4, -0.2) is 65.9 Å². The summed E-state index contributed by atoms with van der Waals surface area (Å²) in [6.45, 7) is 3.54. The van der Waals surface area contributed by atoms with E-state index in [4.69, 9.17) is 4.74 Å². The van der Waals surface area contributed by atoms with Crippen molar-refractivity contribution < 1.29 is 32.2 Å².